The van der Waals surface area contributed by atoms with Crippen molar-refractivity contribution in [3.05, 3.63) is 84.4 Å². The maximum Gasteiger partial charge on any atom is 0.238 e. The van der Waals surface area contributed by atoms with Crippen molar-refractivity contribution >= 4 is 11.6 Å². The number of carbonyl (C=O) groups is 1. The first-order valence-electron chi connectivity index (χ1n) is 9.64. The largest absolute Gasteiger partial charge is 0.496 e. The van der Waals surface area contributed by atoms with Crippen molar-refractivity contribution in [3.8, 4) is 23.2 Å². The van der Waals surface area contributed by atoms with Crippen LogP contribution in [0.5, 0.6) is 17.4 Å². The number of benzene rings is 2. The van der Waals surface area contributed by atoms with E-state index in [1.54, 1.807) is 66.8 Å². The zero-order valence-corrected chi connectivity index (χ0v) is 17.1. The van der Waals surface area contributed by atoms with Crippen LogP contribution in [0.4, 0.5) is 5.69 Å². The van der Waals surface area contributed by atoms with Gasteiger partial charge in [0, 0.05) is 24.1 Å². The Balaban J connectivity index is 1.33. The van der Waals surface area contributed by atoms with Gasteiger partial charge in [0.05, 0.1) is 13.5 Å². The van der Waals surface area contributed by atoms with E-state index in [9.17, 15) is 4.79 Å². The van der Waals surface area contributed by atoms with E-state index in [-0.39, 0.29) is 12.3 Å². The van der Waals surface area contributed by atoms with Gasteiger partial charge in [-0.15, -0.1) is 10.2 Å². The second-order valence-corrected chi connectivity index (χ2v) is 6.86. The van der Waals surface area contributed by atoms with Gasteiger partial charge in [-0.2, -0.15) is 0 Å². The van der Waals surface area contributed by atoms with E-state index in [1.165, 1.54) is 0 Å². The number of imidazole rings is 1. The van der Waals surface area contributed by atoms with Crippen LogP contribution in [0.3, 0.4) is 0 Å². The molecular weight excluding hydrogens is 394 g/mol. The zero-order chi connectivity index (χ0) is 21.6. The van der Waals surface area contributed by atoms with Gasteiger partial charge in [0.15, 0.2) is 5.82 Å². The molecule has 4 aromatic rings. The van der Waals surface area contributed by atoms with Crippen molar-refractivity contribution in [2.45, 2.75) is 13.3 Å². The molecule has 156 valence electrons. The molecule has 1 amide bonds. The van der Waals surface area contributed by atoms with E-state index >= 15 is 0 Å². The highest BCUT2D eigenvalue weighted by molar-refractivity contribution is 5.92. The fraction of sp³-hybridized carbons (Fsp3) is 0.130. The predicted octanol–water partition coefficient (Wildman–Crippen LogP) is 3.95. The standard InChI is InChI=1S/C23H21N5O3/c1-16-13-17(3-8-20(16)30-2)14-22(29)25-18-4-6-19(7-5-18)31-23-10-9-21(26-27-23)28-12-11-24-15-28/h3-13,15H,14H2,1-2H3,(H,25,29). The molecule has 2 aromatic carbocycles. The molecule has 1 N–H and O–H groups in total. The van der Waals surface area contributed by atoms with Crippen molar-refractivity contribution in [2.75, 3.05) is 12.4 Å². The number of hydrogen-bond donors (Lipinski definition) is 1. The van der Waals surface area contributed by atoms with Crippen LogP contribution in [-0.4, -0.2) is 32.8 Å². The number of anilines is 1. The summed E-state index contributed by atoms with van der Waals surface area (Å²) in [6, 6.07) is 16.3. The Morgan fingerprint density at radius 1 is 1.06 bits per heavy atom. The SMILES string of the molecule is COc1ccc(CC(=O)Nc2ccc(Oc3ccc(-n4ccnc4)nn3)cc2)cc1C. The quantitative estimate of drug-likeness (QED) is 0.491. The minimum atomic E-state index is -0.0980. The molecule has 4 rings (SSSR count). The van der Waals surface area contributed by atoms with E-state index < -0.39 is 0 Å². The van der Waals surface area contributed by atoms with Crippen LogP contribution >= 0.6 is 0 Å². The third-order valence-corrected chi connectivity index (χ3v) is 4.58. The monoisotopic (exact) mass is 415 g/mol. The molecule has 0 spiro atoms. The van der Waals surface area contributed by atoms with Crippen LogP contribution < -0.4 is 14.8 Å². The second-order valence-electron chi connectivity index (χ2n) is 6.86. The number of rotatable bonds is 7. The first-order chi connectivity index (χ1) is 15.1. The molecule has 0 unspecified atom stereocenters. The van der Waals surface area contributed by atoms with Gasteiger partial charge < -0.3 is 14.8 Å². The number of carbonyl (C=O) groups excluding carboxylic acids is 1. The minimum absolute atomic E-state index is 0.0980. The second kappa shape index (κ2) is 9.08. The highest BCUT2D eigenvalue weighted by atomic mass is 16.5. The molecule has 0 aliphatic rings. The zero-order valence-electron chi connectivity index (χ0n) is 17.1. The highest BCUT2D eigenvalue weighted by Gasteiger charge is 2.07. The maximum atomic E-state index is 12.4. The lowest BCUT2D eigenvalue weighted by atomic mass is 10.1. The van der Waals surface area contributed by atoms with Gasteiger partial charge in [-0.05, 0) is 54.4 Å². The van der Waals surface area contributed by atoms with Crippen molar-refractivity contribution in [1.82, 2.24) is 19.7 Å². The number of aryl methyl sites for hydroxylation is 1. The average molecular weight is 415 g/mol. The molecule has 0 fully saturated rings. The van der Waals surface area contributed by atoms with Gasteiger partial charge in [0.1, 0.15) is 17.8 Å². The number of hydrogen-bond acceptors (Lipinski definition) is 6. The summed E-state index contributed by atoms with van der Waals surface area (Å²) in [5.41, 5.74) is 2.60. The van der Waals surface area contributed by atoms with E-state index in [0.717, 1.165) is 16.9 Å². The molecule has 0 aliphatic heterocycles. The van der Waals surface area contributed by atoms with Gasteiger partial charge >= 0.3 is 0 Å². The summed E-state index contributed by atoms with van der Waals surface area (Å²) >= 11 is 0. The summed E-state index contributed by atoms with van der Waals surface area (Å²) in [4.78, 5) is 16.3. The molecule has 0 bridgehead atoms. The molecule has 0 radical (unpaired) electrons. The average Bonchev–Trinajstić information content (AvgIpc) is 3.31. The van der Waals surface area contributed by atoms with Crippen LogP contribution in [0.25, 0.3) is 5.82 Å². The van der Waals surface area contributed by atoms with Gasteiger partial charge in [0.2, 0.25) is 11.8 Å². The predicted molar refractivity (Wildman–Crippen MR) is 116 cm³/mol. The van der Waals surface area contributed by atoms with E-state index in [1.807, 2.05) is 25.1 Å². The van der Waals surface area contributed by atoms with Crippen LogP contribution in [0, 0.1) is 6.92 Å². The molecule has 31 heavy (non-hydrogen) atoms. The van der Waals surface area contributed by atoms with Crippen molar-refractivity contribution in [1.29, 1.82) is 0 Å². The van der Waals surface area contributed by atoms with Gasteiger partial charge in [-0.25, -0.2) is 4.98 Å². The normalized spacial score (nSPS) is 10.5. The Labute approximate surface area is 179 Å². The molecule has 0 aliphatic carbocycles. The Bertz CT molecular complexity index is 1160. The molecule has 8 nitrogen and oxygen atoms in total. The smallest absolute Gasteiger partial charge is 0.238 e. The Hall–Kier alpha value is -4.20. The third-order valence-electron chi connectivity index (χ3n) is 4.58. The minimum Gasteiger partial charge on any atom is -0.496 e. The van der Waals surface area contributed by atoms with E-state index in [0.29, 0.717) is 23.1 Å². The lowest BCUT2D eigenvalue weighted by Gasteiger charge is -2.09. The molecule has 2 aromatic heterocycles. The Morgan fingerprint density at radius 2 is 1.90 bits per heavy atom. The Morgan fingerprint density at radius 3 is 2.55 bits per heavy atom. The number of ether oxygens (including phenoxy) is 2. The first kappa shape index (κ1) is 20.1. The summed E-state index contributed by atoms with van der Waals surface area (Å²) in [5.74, 6) is 2.32. The summed E-state index contributed by atoms with van der Waals surface area (Å²) in [7, 11) is 1.63. The van der Waals surface area contributed by atoms with Gasteiger partial charge in [-0.1, -0.05) is 12.1 Å². The lowest BCUT2D eigenvalue weighted by Crippen LogP contribution is -2.14. The summed E-state index contributed by atoms with van der Waals surface area (Å²) in [6.07, 6.45) is 5.38. The lowest BCUT2D eigenvalue weighted by molar-refractivity contribution is -0.115. The summed E-state index contributed by atoms with van der Waals surface area (Å²) < 4.78 is 12.7. The molecule has 0 saturated heterocycles. The topological polar surface area (TPSA) is 91.2 Å². The molecule has 2 heterocycles. The molecule has 8 heteroatoms. The summed E-state index contributed by atoms with van der Waals surface area (Å²) in [6.45, 7) is 1.95. The fourth-order valence-electron chi connectivity index (χ4n) is 3.07. The van der Waals surface area contributed by atoms with Crippen LogP contribution in [0.2, 0.25) is 0 Å². The van der Waals surface area contributed by atoms with Crippen LogP contribution in [0.15, 0.2) is 73.3 Å². The number of nitrogens with one attached hydrogen (secondary N) is 1. The maximum absolute atomic E-state index is 12.4. The first-order valence-corrected chi connectivity index (χ1v) is 9.64. The van der Waals surface area contributed by atoms with Crippen LogP contribution in [0.1, 0.15) is 11.1 Å². The van der Waals surface area contributed by atoms with E-state index in [4.69, 9.17) is 9.47 Å². The third kappa shape index (κ3) is 5.05. The fourth-order valence-corrected chi connectivity index (χ4v) is 3.07. The molecule has 0 saturated carbocycles. The molecule has 0 atom stereocenters. The molecular formula is C23H21N5O3. The Kier molecular flexibility index (Phi) is 5.89. The van der Waals surface area contributed by atoms with Crippen molar-refractivity contribution < 1.29 is 14.3 Å². The summed E-state index contributed by atoms with van der Waals surface area (Å²) in [5, 5.41) is 11.1. The van der Waals surface area contributed by atoms with Crippen LogP contribution in [-0.2, 0) is 11.2 Å². The van der Waals surface area contributed by atoms with Gasteiger partial charge in [-0.3, -0.25) is 9.36 Å². The van der Waals surface area contributed by atoms with Crippen molar-refractivity contribution in [2.24, 2.45) is 0 Å². The number of amides is 1. The number of nitrogens with zero attached hydrogens (tertiary/aromatic N) is 4. The van der Waals surface area contributed by atoms with Gasteiger partial charge in [0.25, 0.3) is 0 Å². The van der Waals surface area contributed by atoms with Crippen molar-refractivity contribution in [3.63, 3.8) is 0 Å². The highest BCUT2D eigenvalue weighted by Crippen LogP contribution is 2.22. The van der Waals surface area contributed by atoms with E-state index in [2.05, 4.69) is 20.5 Å². The number of methoxy groups -OCH3 is 1. The number of aromatic nitrogens is 4.